The van der Waals surface area contributed by atoms with Crippen molar-refractivity contribution in [2.45, 2.75) is 13.0 Å². The molecule has 0 aliphatic rings. The largest absolute Gasteiger partial charge is 0.377 e. The summed E-state index contributed by atoms with van der Waals surface area (Å²) in [5, 5.41) is 4.00. The molecule has 1 atom stereocenters. The highest BCUT2D eigenvalue weighted by atomic mass is 35.5. The summed E-state index contributed by atoms with van der Waals surface area (Å²) in [5.74, 6) is -0.338. The van der Waals surface area contributed by atoms with E-state index in [1.54, 1.807) is 6.20 Å². The monoisotopic (exact) mass is 293 g/mol. The van der Waals surface area contributed by atoms with Gasteiger partial charge in [0.15, 0.2) is 0 Å². The van der Waals surface area contributed by atoms with Crippen LogP contribution in [0.15, 0.2) is 36.7 Å². The lowest BCUT2D eigenvalue weighted by molar-refractivity contribution is 0.616. The Bertz CT molecular complexity index is 601. The van der Waals surface area contributed by atoms with Crippen molar-refractivity contribution in [3.8, 4) is 0 Å². The lowest BCUT2D eigenvalue weighted by atomic mass is 10.1. The van der Waals surface area contributed by atoms with Gasteiger partial charge in [-0.05, 0) is 36.8 Å². The Balaban J connectivity index is 2.27. The summed E-state index contributed by atoms with van der Waals surface area (Å²) in [4.78, 5) is 5.87. The number of benzene rings is 1. The summed E-state index contributed by atoms with van der Waals surface area (Å²) in [6.07, 6.45) is 2.85. The molecule has 2 aromatic rings. The minimum absolute atomic E-state index is 0.0737. The lowest BCUT2D eigenvalue weighted by Gasteiger charge is -2.22. The molecule has 0 fully saturated rings. The zero-order chi connectivity index (χ0) is 14.7. The van der Waals surface area contributed by atoms with Gasteiger partial charge < -0.3 is 10.2 Å². The van der Waals surface area contributed by atoms with Crippen LogP contribution in [0.5, 0.6) is 0 Å². The standard InChI is InChI=1S/C15H17ClFN3/c1-10(11-6-13(17)9-18-8-11)19-14-7-12(16)4-5-15(14)20(2)3/h4-10,19H,1-3H3. The normalized spacial score (nSPS) is 12.1. The maximum Gasteiger partial charge on any atom is 0.141 e. The topological polar surface area (TPSA) is 28.2 Å². The first kappa shape index (κ1) is 14.6. The first-order valence-corrected chi connectivity index (χ1v) is 6.69. The summed E-state index contributed by atoms with van der Waals surface area (Å²) in [7, 11) is 3.92. The van der Waals surface area contributed by atoms with Crippen molar-refractivity contribution in [2.75, 3.05) is 24.3 Å². The molecule has 1 unspecified atom stereocenters. The van der Waals surface area contributed by atoms with Gasteiger partial charge in [0.1, 0.15) is 5.82 Å². The Morgan fingerprint density at radius 1 is 1.25 bits per heavy atom. The second-order valence-electron chi connectivity index (χ2n) is 4.86. The summed E-state index contributed by atoms with van der Waals surface area (Å²) >= 11 is 6.05. The van der Waals surface area contributed by atoms with E-state index in [9.17, 15) is 4.39 Å². The molecular formula is C15H17ClFN3. The van der Waals surface area contributed by atoms with Gasteiger partial charge in [-0.15, -0.1) is 0 Å². The first-order valence-electron chi connectivity index (χ1n) is 6.31. The van der Waals surface area contributed by atoms with Crippen LogP contribution >= 0.6 is 11.6 Å². The van der Waals surface area contributed by atoms with Gasteiger partial charge >= 0.3 is 0 Å². The number of halogens is 2. The number of nitrogens with zero attached hydrogens (tertiary/aromatic N) is 2. The van der Waals surface area contributed by atoms with Crippen LogP contribution in [0, 0.1) is 5.82 Å². The molecule has 0 amide bonds. The maximum absolute atomic E-state index is 13.2. The fourth-order valence-corrected chi connectivity index (χ4v) is 2.17. The predicted octanol–water partition coefficient (Wildman–Crippen LogP) is 4.11. The minimum Gasteiger partial charge on any atom is -0.377 e. The molecule has 0 aliphatic carbocycles. The van der Waals surface area contributed by atoms with Gasteiger partial charge in [-0.25, -0.2) is 4.39 Å². The zero-order valence-electron chi connectivity index (χ0n) is 11.7. The molecule has 0 saturated heterocycles. The molecule has 2 rings (SSSR count). The molecule has 3 nitrogen and oxygen atoms in total. The first-order chi connectivity index (χ1) is 9.47. The van der Waals surface area contributed by atoms with E-state index in [1.807, 2.05) is 44.1 Å². The average molecular weight is 294 g/mol. The van der Waals surface area contributed by atoms with Crippen LogP contribution in [0.1, 0.15) is 18.5 Å². The minimum atomic E-state index is -0.338. The molecule has 0 bridgehead atoms. The third-order valence-corrected chi connectivity index (χ3v) is 3.27. The Kier molecular flexibility index (Phi) is 4.45. The van der Waals surface area contributed by atoms with E-state index >= 15 is 0 Å². The van der Waals surface area contributed by atoms with Gasteiger partial charge in [0.2, 0.25) is 0 Å². The molecular weight excluding hydrogens is 277 g/mol. The summed E-state index contributed by atoms with van der Waals surface area (Å²) in [6, 6.07) is 7.05. The van der Waals surface area contributed by atoms with E-state index in [2.05, 4.69) is 10.3 Å². The predicted molar refractivity (Wildman–Crippen MR) is 82.0 cm³/mol. The number of pyridine rings is 1. The maximum atomic E-state index is 13.2. The van der Waals surface area contributed by atoms with Crippen molar-refractivity contribution in [2.24, 2.45) is 0 Å². The highest BCUT2D eigenvalue weighted by Crippen LogP contribution is 2.30. The van der Waals surface area contributed by atoms with Crippen molar-refractivity contribution in [3.05, 3.63) is 53.1 Å². The summed E-state index contributed by atoms with van der Waals surface area (Å²) < 4.78 is 13.2. The van der Waals surface area contributed by atoms with E-state index in [0.717, 1.165) is 16.9 Å². The van der Waals surface area contributed by atoms with E-state index in [0.29, 0.717) is 5.02 Å². The van der Waals surface area contributed by atoms with E-state index < -0.39 is 0 Å². The number of hydrogen-bond donors (Lipinski definition) is 1. The molecule has 106 valence electrons. The Labute approximate surface area is 123 Å². The Hall–Kier alpha value is -1.81. The highest BCUT2D eigenvalue weighted by molar-refractivity contribution is 6.31. The Morgan fingerprint density at radius 2 is 2.00 bits per heavy atom. The zero-order valence-corrected chi connectivity index (χ0v) is 12.4. The van der Waals surface area contributed by atoms with Crippen LogP contribution in [-0.4, -0.2) is 19.1 Å². The number of aromatic nitrogens is 1. The summed E-state index contributed by atoms with van der Waals surface area (Å²) in [5.41, 5.74) is 2.71. The molecule has 20 heavy (non-hydrogen) atoms. The molecule has 5 heteroatoms. The van der Waals surface area contributed by atoms with E-state index in [-0.39, 0.29) is 11.9 Å². The molecule has 1 N–H and O–H groups in total. The molecule has 1 aromatic heterocycles. The van der Waals surface area contributed by atoms with Crippen LogP contribution < -0.4 is 10.2 Å². The van der Waals surface area contributed by atoms with Crippen LogP contribution in [0.3, 0.4) is 0 Å². The third kappa shape index (κ3) is 3.39. The summed E-state index contributed by atoms with van der Waals surface area (Å²) in [6.45, 7) is 1.96. The van der Waals surface area contributed by atoms with Crippen molar-refractivity contribution in [1.29, 1.82) is 0 Å². The van der Waals surface area contributed by atoms with Crippen LogP contribution in [-0.2, 0) is 0 Å². The lowest BCUT2D eigenvalue weighted by Crippen LogP contribution is -2.14. The van der Waals surface area contributed by atoms with E-state index in [4.69, 9.17) is 11.6 Å². The molecule has 1 heterocycles. The third-order valence-electron chi connectivity index (χ3n) is 3.04. The smallest absolute Gasteiger partial charge is 0.141 e. The van der Waals surface area contributed by atoms with E-state index in [1.165, 1.54) is 12.3 Å². The number of nitrogens with one attached hydrogen (secondary N) is 1. The fraction of sp³-hybridized carbons (Fsp3) is 0.267. The van der Waals surface area contributed by atoms with Crippen molar-refractivity contribution < 1.29 is 4.39 Å². The number of hydrogen-bond acceptors (Lipinski definition) is 3. The quantitative estimate of drug-likeness (QED) is 0.919. The second kappa shape index (κ2) is 6.09. The molecule has 0 radical (unpaired) electrons. The Morgan fingerprint density at radius 3 is 2.65 bits per heavy atom. The van der Waals surface area contributed by atoms with Crippen LogP contribution in [0.4, 0.5) is 15.8 Å². The van der Waals surface area contributed by atoms with Crippen molar-refractivity contribution in [3.63, 3.8) is 0 Å². The van der Waals surface area contributed by atoms with Crippen molar-refractivity contribution in [1.82, 2.24) is 4.98 Å². The second-order valence-corrected chi connectivity index (χ2v) is 5.29. The number of rotatable bonds is 4. The molecule has 1 aromatic carbocycles. The van der Waals surface area contributed by atoms with Gasteiger partial charge in [0.25, 0.3) is 0 Å². The van der Waals surface area contributed by atoms with Gasteiger partial charge in [-0.1, -0.05) is 11.6 Å². The van der Waals surface area contributed by atoms with Gasteiger partial charge in [-0.2, -0.15) is 0 Å². The fourth-order valence-electron chi connectivity index (χ4n) is 2.00. The van der Waals surface area contributed by atoms with Gasteiger partial charge in [-0.3, -0.25) is 4.98 Å². The average Bonchev–Trinajstić information content (AvgIpc) is 2.38. The van der Waals surface area contributed by atoms with Crippen LogP contribution in [0.25, 0.3) is 0 Å². The van der Waals surface area contributed by atoms with Gasteiger partial charge in [0, 0.05) is 25.3 Å². The van der Waals surface area contributed by atoms with Gasteiger partial charge in [0.05, 0.1) is 23.6 Å². The highest BCUT2D eigenvalue weighted by Gasteiger charge is 2.11. The molecule has 0 spiro atoms. The molecule has 0 saturated carbocycles. The SMILES string of the molecule is CC(Nc1cc(Cl)ccc1N(C)C)c1cncc(F)c1. The number of anilines is 2. The molecule has 0 aliphatic heterocycles. The van der Waals surface area contributed by atoms with Crippen molar-refractivity contribution >= 4 is 23.0 Å². The van der Waals surface area contributed by atoms with Crippen LogP contribution in [0.2, 0.25) is 5.02 Å².